The van der Waals surface area contributed by atoms with Gasteiger partial charge in [-0.3, -0.25) is 9.69 Å². The molecule has 3 heterocycles. The quantitative estimate of drug-likeness (QED) is 0.595. The van der Waals surface area contributed by atoms with Crippen LogP contribution in [0.15, 0.2) is 60.7 Å². The number of amides is 1. The Bertz CT molecular complexity index is 1040. The monoisotopic (exact) mass is 417 g/mol. The van der Waals surface area contributed by atoms with E-state index in [1.165, 1.54) is 22.4 Å². The largest absolute Gasteiger partial charge is 0.351 e. The number of nitrogens with zero attached hydrogens (tertiary/aromatic N) is 2. The second kappa shape index (κ2) is 8.62. The van der Waals surface area contributed by atoms with Crippen LogP contribution in [-0.2, 0) is 19.4 Å². The number of benzene rings is 2. The topological polar surface area (TPSA) is 35.6 Å². The Kier molecular flexibility index (Phi) is 5.56. The number of carbonyl (C=O) groups is 1. The molecule has 2 aliphatic rings. The van der Waals surface area contributed by atoms with Gasteiger partial charge in [0.15, 0.2) is 0 Å². The Morgan fingerprint density at radius 2 is 1.67 bits per heavy atom. The molecule has 2 aliphatic heterocycles. The molecule has 5 rings (SSSR count). The van der Waals surface area contributed by atoms with Crippen molar-refractivity contribution in [2.75, 3.05) is 31.1 Å². The summed E-state index contributed by atoms with van der Waals surface area (Å²) in [4.78, 5) is 18.2. The zero-order chi connectivity index (χ0) is 20.3. The van der Waals surface area contributed by atoms with Crippen molar-refractivity contribution in [3.05, 3.63) is 82.2 Å². The molecule has 0 atom stereocenters. The lowest BCUT2D eigenvalue weighted by Gasteiger charge is -2.28. The maximum absolute atomic E-state index is 12.6. The van der Waals surface area contributed by atoms with E-state index in [-0.39, 0.29) is 5.91 Å². The summed E-state index contributed by atoms with van der Waals surface area (Å²) in [5.74, 6) is 0.0442. The van der Waals surface area contributed by atoms with Crippen molar-refractivity contribution in [2.24, 2.45) is 0 Å². The second-order valence-electron chi connectivity index (χ2n) is 8.07. The molecule has 1 amide bonds. The first kappa shape index (κ1) is 19.3. The van der Waals surface area contributed by atoms with E-state index >= 15 is 0 Å². The molecular weight excluding hydrogens is 390 g/mol. The van der Waals surface area contributed by atoms with Gasteiger partial charge in [0.25, 0.3) is 5.91 Å². The Morgan fingerprint density at radius 1 is 0.900 bits per heavy atom. The standard InChI is InChI=1S/C25H27N3OS/c29-25(26-14-5-15-27-16-12-19-6-1-2-8-21(19)18-27)23-10-11-24(30-23)28-17-13-20-7-3-4-9-22(20)28/h1-4,6-11H,5,12-18H2,(H,26,29). The zero-order valence-electron chi connectivity index (χ0n) is 17.1. The van der Waals surface area contributed by atoms with Gasteiger partial charge < -0.3 is 10.2 Å². The van der Waals surface area contributed by atoms with E-state index in [1.54, 1.807) is 11.3 Å². The zero-order valence-corrected chi connectivity index (χ0v) is 18.0. The summed E-state index contributed by atoms with van der Waals surface area (Å²) in [5, 5.41) is 4.26. The summed E-state index contributed by atoms with van der Waals surface area (Å²) in [6, 6.07) is 21.3. The lowest BCUT2D eigenvalue weighted by Crippen LogP contribution is -2.33. The van der Waals surface area contributed by atoms with Crippen molar-refractivity contribution in [3.63, 3.8) is 0 Å². The summed E-state index contributed by atoms with van der Waals surface area (Å²) in [6.45, 7) is 4.86. The van der Waals surface area contributed by atoms with Gasteiger partial charge in [0, 0.05) is 38.4 Å². The van der Waals surface area contributed by atoms with Crippen molar-refractivity contribution >= 4 is 27.9 Å². The van der Waals surface area contributed by atoms with E-state index in [1.807, 2.05) is 6.07 Å². The molecule has 0 fully saturated rings. The maximum Gasteiger partial charge on any atom is 0.261 e. The highest BCUT2D eigenvalue weighted by Gasteiger charge is 2.22. The fraction of sp³-hybridized carbons (Fsp3) is 0.320. The molecule has 1 aromatic heterocycles. The van der Waals surface area contributed by atoms with Gasteiger partial charge in [-0.2, -0.15) is 0 Å². The molecule has 3 aromatic rings. The third-order valence-corrected chi connectivity index (χ3v) is 7.22. The smallest absolute Gasteiger partial charge is 0.261 e. The van der Waals surface area contributed by atoms with Crippen LogP contribution in [0.4, 0.5) is 10.7 Å². The number of para-hydroxylation sites is 1. The summed E-state index contributed by atoms with van der Waals surface area (Å²) in [5.41, 5.74) is 5.59. The minimum atomic E-state index is 0.0442. The molecule has 30 heavy (non-hydrogen) atoms. The minimum Gasteiger partial charge on any atom is -0.351 e. The fourth-order valence-corrected chi connectivity index (χ4v) is 5.46. The molecule has 0 spiro atoms. The van der Waals surface area contributed by atoms with Crippen LogP contribution in [0.3, 0.4) is 0 Å². The molecule has 1 N–H and O–H groups in total. The number of nitrogens with one attached hydrogen (secondary N) is 1. The van der Waals surface area contributed by atoms with Gasteiger partial charge >= 0.3 is 0 Å². The van der Waals surface area contributed by atoms with Gasteiger partial charge in [0.1, 0.15) is 0 Å². The lowest BCUT2D eigenvalue weighted by atomic mass is 10.00. The highest BCUT2D eigenvalue weighted by atomic mass is 32.1. The van der Waals surface area contributed by atoms with E-state index in [4.69, 9.17) is 0 Å². The molecule has 0 saturated carbocycles. The maximum atomic E-state index is 12.6. The van der Waals surface area contributed by atoms with Crippen LogP contribution in [0, 0.1) is 0 Å². The van der Waals surface area contributed by atoms with Gasteiger partial charge in [-0.25, -0.2) is 0 Å². The SMILES string of the molecule is O=C(NCCCN1CCc2ccccc2C1)c1ccc(N2CCc3ccccc32)s1. The Morgan fingerprint density at radius 3 is 2.57 bits per heavy atom. The Balaban J connectivity index is 1.11. The van der Waals surface area contributed by atoms with Gasteiger partial charge in [0.2, 0.25) is 0 Å². The van der Waals surface area contributed by atoms with Crippen molar-refractivity contribution in [3.8, 4) is 0 Å². The fourth-order valence-electron chi connectivity index (χ4n) is 4.50. The van der Waals surface area contributed by atoms with Crippen LogP contribution in [0.25, 0.3) is 0 Å². The second-order valence-corrected chi connectivity index (χ2v) is 9.13. The third kappa shape index (κ3) is 4.00. The van der Waals surface area contributed by atoms with Gasteiger partial charge in [-0.05, 0) is 54.2 Å². The van der Waals surface area contributed by atoms with E-state index in [0.29, 0.717) is 0 Å². The first-order valence-electron chi connectivity index (χ1n) is 10.8. The summed E-state index contributed by atoms with van der Waals surface area (Å²) < 4.78 is 0. The molecule has 5 heteroatoms. The predicted molar refractivity (Wildman–Crippen MR) is 124 cm³/mol. The number of hydrogen-bond donors (Lipinski definition) is 1. The van der Waals surface area contributed by atoms with Crippen LogP contribution in [0.5, 0.6) is 0 Å². The summed E-state index contributed by atoms with van der Waals surface area (Å²) >= 11 is 1.58. The van der Waals surface area contributed by atoms with Crippen LogP contribution >= 0.6 is 11.3 Å². The summed E-state index contributed by atoms with van der Waals surface area (Å²) in [7, 11) is 0. The number of hydrogen-bond acceptors (Lipinski definition) is 4. The predicted octanol–water partition coefficient (Wildman–Crippen LogP) is 4.62. The molecule has 0 aliphatic carbocycles. The Hall–Kier alpha value is -2.63. The summed E-state index contributed by atoms with van der Waals surface area (Å²) in [6.07, 6.45) is 3.17. The van der Waals surface area contributed by atoms with E-state index in [2.05, 4.69) is 69.7 Å². The molecule has 0 saturated heterocycles. The number of rotatable bonds is 6. The van der Waals surface area contributed by atoms with Gasteiger partial charge in [0.05, 0.1) is 9.88 Å². The van der Waals surface area contributed by atoms with Crippen LogP contribution in [0.2, 0.25) is 0 Å². The molecular formula is C25H27N3OS. The molecule has 4 nitrogen and oxygen atoms in total. The van der Waals surface area contributed by atoms with Gasteiger partial charge in [-0.1, -0.05) is 42.5 Å². The number of carbonyl (C=O) groups excluding carboxylic acids is 1. The number of fused-ring (bicyclic) bond motifs is 2. The highest BCUT2D eigenvalue weighted by molar-refractivity contribution is 7.18. The van der Waals surface area contributed by atoms with Gasteiger partial charge in [-0.15, -0.1) is 11.3 Å². The van der Waals surface area contributed by atoms with Crippen molar-refractivity contribution in [2.45, 2.75) is 25.8 Å². The van der Waals surface area contributed by atoms with E-state index < -0.39 is 0 Å². The number of anilines is 2. The van der Waals surface area contributed by atoms with Crippen LogP contribution in [-0.4, -0.2) is 37.0 Å². The molecule has 0 bridgehead atoms. The Labute approximate surface area is 182 Å². The molecule has 154 valence electrons. The first-order valence-corrected chi connectivity index (χ1v) is 11.6. The van der Waals surface area contributed by atoms with Crippen LogP contribution in [0.1, 0.15) is 32.8 Å². The normalized spacial score (nSPS) is 15.7. The molecule has 0 radical (unpaired) electrons. The van der Waals surface area contributed by atoms with E-state index in [0.717, 1.165) is 61.9 Å². The van der Waals surface area contributed by atoms with Crippen molar-refractivity contribution < 1.29 is 4.79 Å². The average molecular weight is 418 g/mol. The lowest BCUT2D eigenvalue weighted by molar-refractivity contribution is 0.0955. The minimum absolute atomic E-state index is 0.0442. The van der Waals surface area contributed by atoms with Crippen molar-refractivity contribution in [1.82, 2.24) is 10.2 Å². The highest BCUT2D eigenvalue weighted by Crippen LogP contribution is 2.38. The van der Waals surface area contributed by atoms with E-state index in [9.17, 15) is 4.79 Å². The average Bonchev–Trinajstić information content (AvgIpc) is 3.43. The third-order valence-electron chi connectivity index (χ3n) is 6.12. The number of thiophene rings is 1. The van der Waals surface area contributed by atoms with Crippen LogP contribution < -0.4 is 10.2 Å². The molecule has 0 unspecified atom stereocenters. The first-order chi connectivity index (χ1) is 14.8. The van der Waals surface area contributed by atoms with Crippen molar-refractivity contribution in [1.29, 1.82) is 0 Å². The molecule has 2 aromatic carbocycles.